The number of hydrogen-bond acceptors (Lipinski definition) is 3. The second kappa shape index (κ2) is 9.82. The van der Waals surface area contributed by atoms with E-state index in [1.165, 1.54) is 6.07 Å². The van der Waals surface area contributed by atoms with Crippen LogP contribution in [0, 0.1) is 6.92 Å². The van der Waals surface area contributed by atoms with Crippen LogP contribution >= 0.6 is 7.60 Å². The highest BCUT2D eigenvalue weighted by Gasteiger charge is 2.38. The molecule has 0 aromatic heterocycles. The van der Waals surface area contributed by atoms with Crippen LogP contribution in [0.3, 0.4) is 0 Å². The van der Waals surface area contributed by atoms with Gasteiger partial charge in [0.15, 0.2) is 8.32 Å². The molecule has 0 fully saturated rings. The van der Waals surface area contributed by atoms with Gasteiger partial charge < -0.3 is 18.9 Å². The van der Waals surface area contributed by atoms with Crippen LogP contribution in [-0.2, 0) is 21.0 Å². The molecule has 0 bridgehead atoms. The Bertz CT molecular complexity index is 958. The van der Waals surface area contributed by atoms with Gasteiger partial charge in [-0.3, -0.25) is 4.57 Å². The molecule has 2 N–H and O–H groups in total. The van der Waals surface area contributed by atoms with E-state index in [0.717, 1.165) is 23.1 Å². The van der Waals surface area contributed by atoms with Crippen molar-refractivity contribution in [2.75, 3.05) is 6.61 Å². The van der Waals surface area contributed by atoms with E-state index in [2.05, 4.69) is 47.7 Å². The first-order valence-electron chi connectivity index (χ1n) is 11.1. The molecule has 2 aromatic rings. The van der Waals surface area contributed by atoms with Crippen molar-refractivity contribution in [3.63, 3.8) is 0 Å². The fourth-order valence-corrected chi connectivity index (χ4v) is 5.22. The van der Waals surface area contributed by atoms with Crippen LogP contribution in [0.5, 0.6) is 5.75 Å². The molecule has 0 aliphatic carbocycles. The Morgan fingerprint density at radius 3 is 2.12 bits per heavy atom. The molecule has 5 nitrogen and oxygen atoms in total. The number of rotatable bonds is 9. The van der Waals surface area contributed by atoms with Crippen LogP contribution in [0.15, 0.2) is 42.5 Å². The topological polar surface area (TPSA) is 76.0 Å². The van der Waals surface area contributed by atoms with Gasteiger partial charge in [-0.05, 0) is 60.2 Å². The quantitative estimate of drug-likeness (QED) is 0.338. The van der Waals surface area contributed by atoms with Crippen molar-refractivity contribution in [1.29, 1.82) is 0 Å². The molecule has 0 saturated carbocycles. The largest absolute Gasteiger partial charge is 0.489 e. The van der Waals surface area contributed by atoms with E-state index in [9.17, 15) is 14.4 Å². The van der Waals surface area contributed by atoms with Gasteiger partial charge in [0.05, 0.1) is 5.30 Å². The van der Waals surface area contributed by atoms with E-state index in [0.29, 0.717) is 19.0 Å². The average molecular weight is 479 g/mol. The van der Waals surface area contributed by atoms with Gasteiger partial charge in [0, 0.05) is 12.2 Å². The summed E-state index contributed by atoms with van der Waals surface area (Å²) in [6.07, 6.45) is 0.775. The van der Waals surface area contributed by atoms with Crippen LogP contribution in [0.2, 0.25) is 18.1 Å². The van der Waals surface area contributed by atoms with Crippen molar-refractivity contribution in [2.45, 2.75) is 78.1 Å². The van der Waals surface area contributed by atoms with Crippen LogP contribution in [0.25, 0.3) is 0 Å². The minimum atomic E-state index is -4.40. The SMILES string of the molecule is Cc1cc(P(=O)(O)O)cc(OCc2ccccc2)c1C(C)(C)CCO[Si](C)(C)C(C)(C)C. The van der Waals surface area contributed by atoms with Gasteiger partial charge in [-0.1, -0.05) is 65.0 Å². The lowest BCUT2D eigenvalue weighted by Gasteiger charge is -2.37. The van der Waals surface area contributed by atoms with Crippen LogP contribution in [0.1, 0.15) is 57.7 Å². The second-order valence-corrected chi connectivity index (χ2v) is 17.1. The first-order chi connectivity index (χ1) is 14.5. The van der Waals surface area contributed by atoms with Crippen LogP contribution < -0.4 is 10.0 Å². The zero-order valence-electron chi connectivity index (χ0n) is 20.7. The third kappa shape index (κ3) is 6.78. The summed E-state index contributed by atoms with van der Waals surface area (Å²) in [5.41, 5.74) is 2.47. The summed E-state index contributed by atoms with van der Waals surface area (Å²) in [6.45, 7) is 18.3. The lowest BCUT2D eigenvalue weighted by Crippen LogP contribution is -2.41. The maximum Gasteiger partial charge on any atom is 0.356 e. The summed E-state index contributed by atoms with van der Waals surface area (Å²) >= 11 is 0. The van der Waals surface area contributed by atoms with Gasteiger partial charge in [-0.2, -0.15) is 0 Å². The Morgan fingerprint density at radius 1 is 1.00 bits per heavy atom. The maximum absolute atomic E-state index is 12.0. The van der Waals surface area contributed by atoms with E-state index in [-0.39, 0.29) is 15.8 Å². The van der Waals surface area contributed by atoms with E-state index in [1.54, 1.807) is 6.07 Å². The highest BCUT2D eigenvalue weighted by molar-refractivity contribution is 7.60. The van der Waals surface area contributed by atoms with E-state index in [1.807, 2.05) is 37.3 Å². The minimum absolute atomic E-state index is 0.0184. The Kier molecular flexibility index (Phi) is 8.23. The standard InChI is InChI=1S/C25H39O5PSi/c1-19-16-21(31(26,27)28)17-22(29-18-20-12-10-9-11-13-20)23(19)25(5,6)14-15-30-32(7,8)24(2,3)4/h9-13,16-17H,14-15,18H2,1-8H3,(H2,26,27,28). The summed E-state index contributed by atoms with van der Waals surface area (Å²) in [5.74, 6) is 0.518. The Morgan fingerprint density at radius 2 is 1.59 bits per heavy atom. The molecular formula is C25H39O5PSi. The van der Waals surface area contributed by atoms with Crippen molar-refractivity contribution in [3.8, 4) is 5.75 Å². The molecular weight excluding hydrogens is 439 g/mol. The van der Waals surface area contributed by atoms with Crippen molar-refractivity contribution in [2.24, 2.45) is 0 Å². The lowest BCUT2D eigenvalue weighted by molar-refractivity contribution is 0.244. The third-order valence-electron chi connectivity index (χ3n) is 6.53. The molecule has 0 heterocycles. The minimum Gasteiger partial charge on any atom is -0.489 e. The van der Waals surface area contributed by atoms with E-state index in [4.69, 9.17) is 9.16 Å². The van der Waals surface area contributed by atoms with Crippen molar-refractivity contribution < 1.29 is 23.5 Å². The Balaban J connectivity index is 2.35. The summed E-state index contributed by atoms with van der Waals surface area (Å²) < 4.78 is 24.5. The fourth-order valence-electron chi connectivity index (χ4n) is 3.52. The van der Waals surface area contributed by atoms with Crippen molar-refractivity contribution >= 4 is 21.2 Å². The lowest BCUT2D eigenvalue weighted by atomic mass is 9.79. The van der Waals surface area contributed by atoms with Gasteiger partial charge in [0.2, 0.25) is 0 Å². The van der Waals surface area contributed by atoms with Gasteiger partial charge in [0.25, 0.3) is 0 Å². The second-order valence-electron chi connectivity index (χ2n) is 10.7. The summed E-state index contributed by atoms with van der Waals surface area (Å²) in [4.78, 5) is 19.5. The molecule has 0 amide bonds. The van der Waals surface area contributed by atoms with Crippen molar-refractivity contribution in [3.05, 3.63) is 59.2 Å². The first kappa shape index (κ1) is 26.8. The molecule has 0 aliphatic rings. The summed E-state index contributed by atoms with van der Waals surface area (Å²) in [6, 6.07) is 12.9. The first-order valence-corrected chi connectivity index (χ1v) is 15.6. The summed E-state index contributed by atoms with van der Waals surface area (Å²) in [5, 5.41) is 0.123. The van der Waals surface area contributed by atoms with Gasteiger partial charge in [-0.15, -0.1) is 0 Å². The zero-order chi connectivity index (χ0) is 24.4. The Labute approximate surface area is 194 Å². The fraction of sp³-hybridized carbons (Fsp3) is 0.520. The highest BCUT2D eigenvalue weighted by atomic mass is 31.2. The smallest absolute Gasteiger partial charge is 0.356 e. The summed E-state index contributed by atoms with van der Waals surface area (Å²) in [7, 11) is -6.26. The molecule has 2 rings (SSSR count). The number of aryl methyl sites for hydroxylation is 1. The normalized spacial score (nSPS) is 13.3. The number of benzene rings is 2. The predicted molar refractivity (Wildman–Crippen MR) is 134 cm³/mol. The van der Waals surface area contributed by atoms with Crippen LogP contribution in [0.4, 0.5) is 0 Å². The molecule has 0 saturated heterocycles. The maximum atomic E-state index is 12.0. The molecule has 32 heavy (non-hydrogen) atoms. The molecule has 0 aliphatic heterocycles. The van der Waals surface area contributed by atoms with E-state index >= 15 is 0 Å². The zero-order valence-corrected chi connectivity index (χ0v) is 22.6. The molecule has 0 spiro atoms. The van der Waals surface area contributed by atoms with Gasteiger partial charge >= 0.3 is 7.60 Å². The molecule has 178 valence electrons. The monoisotopic (exact) mass is 478 g/mol. The molecule has 2 aromatic carbocycles. The van der Waals surface area contributed by atoms with Gasteiger partial charge in [-0.25, -0.2) is 0 Å². The number of hydrogen-bond donors (Lipinski definition) is 2. The highest BCUT2D eigenvalue weighted by Crippen LogP contribution is 2.42. The molecule has 0 unspecified atom stereocenters. The molecule has 0 radical (unpaired) electrons. The molecule has 7 heteroatoms. The van der Waals surface area contributed by atoms with Crippen LogP contribution in [-0.4, -0.2) is 24.7 Å². The van der Waals surface area contributed by atoms with E-state index < -0.39 is 15.9 Å². The Hall–Kier alpha value is -1.43. The van der Waals surface area contributed by atoms with Gasteiger partial charge in [0.1, 0.15) is 12.4 Å². The predicted octanol–water partition coefficient (Wildman–Crippen LogP) is 6.07. The third-order valence-corrected chi connectivity index (χ3v) is 12.0. The van der Waals surface area contributed by atoms with Crippen molar-refractivity contribution in [1.82, 2.24) is 0 Å². The number of ether oxygens (including phenoxy) is 1. The molecule has 0 atom stereocenters. The average Bonchev–Trinajstić information content (AvgIpc) is 2.64.